The second-order valence-electron chi connectivity index (χ2n) is 5.00. The van der Waals surface area contributed by atoms with Crippen molar-refractivity contribution in [2.75, 3.05) is 0 Å². The zero-order chi connectivity index (χ0) is 13.2. The van der Waals surface area contributed by atoms with Crippen LogP contribution in [0.4, 0.5) is 0 Å². The molecule has 2 aromatic rings. The third-order valence-corrected chi connectivity index (χ3v) is 3.27. The SMILES string of the molecule is CC(C)(C(=O)O)c1ccc(Cc2ccc[nH]2)cc1. The fourth-order valence-corrected chi connectivity index (χ4v) is 1.86. The van der Waals surface area contributed by atoms with Gasteiger partial charge >= 0.3 is 5.97 Å². The van der Waals surface area contributed by atoms with Gasteiger partial charge in [-0.05, 0) is 37.1 Å². The maximum Gasteiger partial charge on any atom is 0.313 e. The van der Waals surface area contributed by atoms with Crippen LogP contribution in [0.15, 0.2) is 42.6 Å². The Labute approximate surface area is 106 Å². The quantitative estimate of drug-likeness (QED) is 0.867. The highest BCUT2D eigenvalue weighted by molar-refractivity contribution is 5.80. The summed E-state index contributed by atoms with van der Waals surface area (Å²) in [5.74, 6) is -0.806. The maximum atomic E-state index is 11.2. The molecule has 0 fully saturated rings. The van der Waals surface area contributed by atoms with Gasteiger partial charge in [-0.25, -0.2) is 0 Å². The lowest BCUT2D eigenvalue weighted by Crippen LogP contribution is -2.28. The predicted octanol–water partition coefficient (Wildman–Crippen LogP) is 2.97. The second-order valence-corrected chi connectivity index (χ2v) is 5.00. The lowest BCUT2D eigenvalue weighted by atomic mass is 9.84. The van der Waals surface area contributed by atoms with E-state index in [0.29, 0.717) is 0 Å². The molecule has 0 unspecified atom stereocenters. The Morgan fingerprint density at radius 2 is 1.89 bits per heavy atom. The van der Waals surface area contributed by atoms with Crippen LogP contribution in [-0.4, -0.2) is 16.1 Å². The number of carbonyl (C=O) groups is 1. The average molecular weight is 243 g/mol. The molecular weight excluding hydrogens is 226 g/mol. The summed E-state index contributed by atoms with van der Waals surface area (Å²) < 4.78 is 0. The standard InChI is InChI=1S/C15H17NO2/c1-15(2,14(17)18)12-7-5-11(6-8-12)10-13-4-3-9-16-13/h3-9,16H,10H2,1-2H3,(H,17,18). The van der Waals surface area contributed by atoms with Gasteiger partial charge in [-0.15, -0.1) is 0 Å². The van der Waals surface area contributed by atoms with Crippen LogP contribution in [-0.2, 0) is 16.6 Å². The minimum absolute atomic E-state index is 0.806. The number of nitrogens with one attached hydrogen (secondary N) is 1. The summed E-state index contributed by atoms with van der Waals surface area (Å²) in [7, 11) is 0. The van der Waals surface area contributed by atoms with Gasteiger partial charge in [0, 0.05) is 18.3 Å². The number of benzene rings is 1. The molecule has 3 nitrogen and oxygen atoms in total. The Morgan fingerprint density at radius 1 is 1.22 bits per heavy atom. The van der Waals surface area contributed by atoms with Gasteiger partial charge in [-0.2, -0.15) is 0 Å². The fraction of sp³-hybridized carbons (Fsp3) is 0.267. The Kier molecular flexibility index (Phi) is 3.24. The highest BCUT2D eigenvalue weighted by Crippen LogP contribution is 2.24. The lowest BCUT2D eigenvalue weighted by Gasteiger charge is -2.19. The molecule has 0 aliphatic rings. The van der Waals surface area contributed by atoms with Crippen LogP contribution < -0.4 is 0 Å². The number of carboxylic acids is 1. The first-order valence-corrected chi connectivity index (χ1v) is 5.95. The molecule has 0 amide bonds. The molecule has 0 radical (unpaired) electrons. The summed E-state index contributed by atoms with van der Waals surface area (Å²) in [6.07, 6.45) is 2.73. The maximum absolute atomic E-state index is 11.2. The summed E-state index contributed by atoms with van der Waals surface area (Å²) in [4.78, 5) is 14.3. The van der Waals surface area contributed by atoms with Gasteiger partial charge in [0.2, 0.25) is 0 Å². The van der Waals surface area contributed by atoms with Crippen molar-refractivity contribution in [1.82, 2.24) is 4.98 Å². The normalized spacial score (nSPS) is 11.4. The van der Waals surface area contributed by atoms with E-state index in [1.54, 1.807) is 13.8 Å². The van der Waals surface area contributed by atoms with Crippen LogP contribution in [0.3, 0.4) is 0 Å². The van der Waals surface area contributed by atoms with E-state index in [2.05, 4.69) is 4.98 Å². The summed E-state index contributed by atoms with van der Waals surface area (Å²) in [6.45, 7) is 3.44. The first kappa shape index (κ1) is 12.4. The number of carboxylic acid groups (broad SMARTS) is 1. The van der Waals surface area contributed by atoms with Crippen LogP contribution in [0, 0.1) is 0 Å². The molecular formula is C15H17NO2. The second kappa shape index (κ2) is 4.69. The molecule has 0 spiro atoms. The van der Waals surface area contributed by atoms with E-state index < -0.39 is 11.4 Å². The molecule has 0 atom stereocenters. The third-order valence-electron chi connectivity index (χ3n) is 3.27. The van der Waals surface area contributed by atoms with Crippen LogP contribution in [0.25, 0.3) is 0 Å². The van der Waals surface area contributed by atoms with Crippen molar-refractivity contribution in [3.8, 4) is 0 Å². The van der Waals surface area contributed by atoms with Crippen molar-refractivity contribution in [1.29, 1.82) is 0 Å². The minimum atomic E-state index is -0.842. The Morgan fingerprint density at radius 3 is 2.39 bits per heavy atom. The van der Waals surface area contributed by atoms with Crippen LogP contribution >= 0.6 is 0 Å². The number of H-pyrrole nitrogens is 1. The van der Waals surface area contributed by atoms with E-state index in [4.69, 9.17) is 5.11 Å². The number of aliphatic carboxylic acids is 1. The van der Waals surface area contributed by atoms with Crippen molar-refractivity contribution in [2.45, 2.75) is 25.7 Å². The molecule has 18 heavy (non-hydrogen) atoms. The molecule has 0 saturated carbocycles. The van der Waals surface area contributed by atoms with Gasteiger partial charge in [0.15, 0.2) is 0 Å². The van der Waals surface area contributed by atoms with Crippen LogP contribution in [0.2, 0.25) is 0 Å². The molecule has 0 aliphatic heterocycles. The summed E-state index contributed by atoms with van der Waals surface area (Å²) in [5.41, 5.74) is 2.30. The summed E-state index contributed by atoms with van der Waals surface area (Å²) >= 11 is 0. The number of rotatable bonds is 4. The zero-order valence-electron chi connectivity index (χ0n) is 10.6. The molecule has 1 heterocycles. The van der Waals surface area contributed by atoms with Gasteiger partial charge < -0.3 is 10.1 Å². The minimum Gasteiger partial charge on any atom is -0.481 e. The lowest BCUT2D eigenvalue weighted by molar-refractivity contribution is -0.142. The van der Waals surface area contributed by atoms with Crippen molar-refractivity contribution >= 4 is 5.97 Å². The molecule has 3 heteroatoms. The molecule has 2 rings (SSSR count). The van der Waals surface area contributed by atoms with Gasteiger partial charge in [0.25, 0.3) is 0 Å². The van der Waals surface area contributed by atoms with Crippen molar-refractivity contribution < 1.29 is 9.90 Å². The highest BCUT2D eigenvalue weighted by Gasteiger charge is 2.28. The van der Waals surface area contributed by atoms with E-state index in [1.165, 1.54) is 5.56 Å². The van der Waals surface area contributed by atoms with Crippen molar-refractivity contribution in [2.24, 2.45) is 0 Å². The van der Waals surface area contributed by atoms with Crippen molar-refractivity contribution in [3.05, 3.63) is 59.4 Å². The van der Waals surface area contributed by atoms with Crippen LogP contribution in [0.5, 0.6) is 0 Å². The first-order valence-electron chi connectivity index (χ1n) is 5.95. The summed E-state index contributed by atoms with van der Waals surface area (Å²) in [6, 6.07) is 11.8. The molecule has 2 N–H and O–H groups in total. The summed E-state index contributed by atoms with van der Waals surface area (Å²) in [5, 5.41) is 9.17. The van der Waals surface area contributed by atoms with Gasteiger partial charge in [-0.1, -0.05) is 24.3 Å². The van der Waals surface area contributed by atoms with Gasteiger partial charge in [-0.3, -0.25) is 4.79 Å². The molecule has 0 saturated heterocycles. The number of aromatic amines is 1. The molecule has 1 aromatic carbocycles. The average Bonchev–Trinajstić information content (AvgIpc) is 2.82. The number of hydrogen-bond donors (Lipinski definition) is 2. The Balaban J connectivity index is 2.18. The number of aromatic nitrogens is 1. The molecule has 1 aromatic heterocycles. The van der Waals surface area contributed by atoms with Gasteiger partial charge in [0.1, 0.15) is 0 Å². The van der Waals surface area contributed by atoms with E-state index in [-0.39, 0.29) is 0 Å². The van der Waals surface area contributed by atoms with Crippen LogP contribution in [0.1, 0.15) is 30.7 Å². The van der Waals surface area contributed by atoms with E-state index in [1.807, 2.05) is 42.6 Å². The monoisotopic (exact) mass is 243 g/mol. The van der Waals surface area contributed by atoms with E-state index in [9.17, 15) is 4.79 Å². The Bertz CT molecular complexity index is 524. The van der Waals surface area contributed by atoms with Gasteiger partial charge in [0.05, 0.1) is 5.41 Å². The zero-order valence-corrected chi connectivity index (χ0v) is 10.6. The molecule has 0 bridgehead atoms. The fourth-order valence-electron chi connectivity index (χ4n) is 1.86. The topological polar surface area (TPSA) is 53.1 Å². The highest BCUT2D eigenvalue weighted by atomic mass is 16.4. The molecule has 94 valence electrons. The first-order chi connectivity index (χ1) is 8.50. The third kappa shape index (κ3) is 2.45. The van der Waals surface area contributed by atoms with Crippen molar-refractivity contribution in [3.63, 3.8) is 0 Å². The Hall–Kier alpha value is -2.03. The molecule has 0 aliphatic carbocycles. The smallest absolute Gasteiger partial charge is 0.313 e. The van der Waals surface area contributed by atoms with E-state index >= 15 is 0 Å². The number of hydrogen-bond acceptors (Lipinski definition) is 1. The predicted molar refractivity (Wildman–Crippen MR) is 70.7 cm³/mol. The largest absolute Gasteiger partial charge is 0.481 e. The van der Waals surface area contributed by atoms with E-state index in [0.717, 1.165) is 17.7 Å².